The Kier molecular flexibility index (Phi) is 6.22. The van der Waals surface area contributed by atoms with Crippen molar-refractivity contribution in [1.29, 1.82) is 0 Å². The van der Waals surface area contributed by atoms with Gasteiger partial charge in [0.25, 0.3) is 5.91 Å². The van der Waals surface area contributed by atoms with Crippen LogP contribution in [0.3, 0.4) is 0 Å². The zero-order valence-corrected chi connectivity index (χ0v) is 15.6. The molecule has 0 saturated heterocycles. The van der Waals surface area contributed by atoms with Crippen LogP contribution in [0.4, 0.5) is 8.78 Å². The smallest absolute Gasteiger partial charge is 0.387 e. The van der Waals surface area contributed by atoms with Gasteiger partial charge in [0.2, 0.25) is 0 Å². The summed E-state index contributed by atoms with van der Waals surface area (Å²) in [6.45, 7) is -3.09. The summed E-state index contributed by atoms with van der Waals surface area (Å²) in [5.41, 5.74) is 0.680. The van der Waals surface area contributed by atoms with Crippen LogP contribution < -0.4 is 19.5 Å². The molecule has 0 fully saturated rings. The topological polar surface area (TPSA) is 98.4 Å². The highest BCUT2D eigenvalue weighted by Crippen LogP contribution is 2.32. The molecule has 1 amide bonds. The third kappa shape index (κ3) is 4.78. The minimum atomic E-state index is -3.10. The average molecular weight is 404 g/mol. The Labute approximate surface area is 164 Å². The molecule has 0 aliphatic heterocycles. The number of carbonyl (C=O) groups excluding carboxylic acids is 1. The van der Waals surface area contributed by atoms with Gasteiger partial charge in [0, 0.05) is 5.56 Å². The Morgan fingerprint density at radius 2 is 1.90 bits per heavy atom. The van der Waals surface area contributed by atoms with Gasteiger partial charge in [-0.15, -0.1) is 0 Å². The number of benzene rings is 2. The zero-order valence-electron chi connectivity index (χ0n) is 15.6. The summed E-state index contributed by atoms with van der Waals surface area (Å²) in [4.78, 5) is 16.8. The SMILES string of the molecule is COc1ccc(-c2n[nH]c(CNC(=O)c3cccc(OC)c3OC(F)F)n2)cc1. The molecule has 0 aliphatic rings. The molecule has 1 aromatic heterocycles. The summed E-state index contributed by atoms with van der Waals surface area (Å²) in [5, 5.41) is 9.42. The maximum Gasteiger partial charge on any atom is 0.387 e. The molecule has 0 spiro atoms. The summed E-state index contributed by atoms with van der Waals surface area (Å²) in [7, 11) is 2.87. The number of aromatic nitrogens is 3. The molecule has 2 N–H and O–H groups in total. The van der Waals surface area contributed by atoms with Gasteiger partial charge in [0.1, 0.15) is 11.6 Å². The van der Waals surface area contributed by atoms with Gasteiger partial charge in [-0.3, -0.25) is 9.89 Å². The van der Waals surface area contributed by atoms with Gasteiger partial charge >= 0.3 is 6.61 Å². The second-order valence-electron chi connectivity index (χ2n) is 5.73. The molecule has 8 nitrogen and oxygen atoms in total. The van der Waals surface area contributed by atoms with Crippen molar-refractivity contribution in [3.63, 3.8) is 0 Å². The Balaban J connectivity index is 1.70. The zero-order chi connectivity index (χ0) is 20.8. The van der Waals surface area contributed by atoms with E-state index >= 15 is 0 Å². The molecule has 0 radical (unpaired) electrons. The molecular weight excluding hydrogens is 386 g/mol. The largest absolute Gasteiger partial charge is 0.497 e. The summed E-state index contributed by atoms with van der Waals surface area (Å²) >= 11 is 0. The van der Waals surface area contributed by atoms with Crippen LogP contribution in [0.25, 0.3) is 11.4 Å². The van der Waals surface area contributed by atoms with Crippen LogP contribution in [0.5, 0.6) is 17.2 Å². The third-order valence-electron chi connectivity index (χ3n) is 3.95. The lowest BCUT2D eigenvalue weighted by Crippen LogP contribution is -2.24. The van der Waals surface area contributed by atoms with E-state index in [1.165, 1.54) is 25.3 Å². The van der Waals surface area contributed by atoms with Crippen molar-refractivity contribution in [3.05, 3.63) is 53.9 Å². The normalized spacial score (nSPS) is 10.7. The molecule has 0 saturated carbocycles. The number of aromatic amines is 1. The highest BCUT2D eigenvalue weighted by Gasteiger charge is 2.20. The minimum absolute atomic E-state index is 0.00726. The number of nitrogens with one attached hydrogen (secondary N) is 2. The number of methoxy groups -OCH3 is 2. The van der Waals surface area contributed by atoms with Crippen LogP contribution in [0, 0.1) is 0 Å². The Morgan fingerprint density at radius 3 is 2.55 bits per heavy atom. The highest BCUT2D eigenvalue weighted by atomic mass is 19.3. The van der Waals surface area contributed by atoms with E-state index in [0.29, 0.717) is 17.4 Å². The highest BCUT2D eigenvalue weighted by molar-refractivity contribution is 5.97. The van der Waals surface area contributed by atoms with Gasteiger partial charge in [-0.05, 0) is 36.4 Å². The van der Waals surface area contributed by atoms with Gasteiger partial charge < -0.3 is 19.5 Å². The van der Waals surface area contributed by atoms with Crippen LogP contribution in [-0.2, 0) is 6.54 Å². The second kappa shape index (κ2) is 9.00. The van der Waals surface area contributed by atoms with Crippen molar-refractivity contribution in [2.24, 2.45) is 0 Å². The van der Waals surface area contributed by atoms with Crippen LogP contribution in [-0.4, -0.2) is 41.9 Å². The fourth-order valence-electron chi connectivity index (χ4n) is 2.57. The first-order valence-electron chi connectivity index (χ1n) is 8.47. The maximum atomic E-state index is 12.7. The minimum Gasteiger partial charge on any atom is -0.497 e. The van der Waals surface area contributed by atoms with Crippen molar-refractivity contribution in [3.8, 4) is 28.6 Å². The number of halogens is 2. The molecule has 0 unspecified atom stereocenters. The molecule has 3 rings (SSSR count). The standard InChI is InChI=1S/C19H18F2N4O4/c1-27-12-8-6-11(7-9-12)17-23-15(24-25-17)10-22-18(26)13-4-3-5-14(28-2)16(13)29-19(20)21/h3-9,19H,10H2,1-2H3,(H,22,26)(H,23,24,25). The van der Waals surface area contributed by atoms with Crippen molar-refractivity contribution in [2.75, 3.05) is 14.2 Å². The van der Waals surface area contributed by atoms with E-state index in [1.54, 1.807) is 31.4 Å². The molecule has 2 aromatic carbocycles. The van der Waals surface area contributed by atoms with E-state index in [9.17, 15) is 13.6 Å². The van der Waals surface area contributed by atoms with Crippen molar-refractivity contribution >= 4 is 5.91 Å². The van der Waals surface area contributed by atoms with Crippen molar-refractivity contribution < 1.29 is 27.8 Å². The maximum absolute atomic E-state index is 12.7. The average Bonchev–Trinajstić information content (AvgIpc) is 3.21. The number of carbonyl (C=O) groups is 1. The first-order valence-corrected chi connectivity index (χ1v) is 8.47. The van der Waals surface area contributed by atoms with E-state index in [2.05, 4.69) is 25.2 Å². The van der Waals surface area contributed by atoms with E-state index in [1.807, 2.05) is 0 Å². The lowest BCUT2D eigenvalue weighted by molar-refractivity contribution is -0.0515. The van der Waals surface area contributed by atoms with Crippen molar-refractivity contribution in [1.82, 2.24) is 20.5 Å². The molecule has 0 atom stereocenters. The Hall–Kier alpha value is -3.69. The number of hydrogen-bond donors (Lipinski definition) is 2. The fraction of sp³-hybridized carbons (Fsp3) is 0.211. The van der Waals surface area contributed by atoms with E-state index in [-0.39, 0.29) is 23.6 Å². The lowest BCUT2D eigenvalue weighted by atomic mass is 10.1. The first kappa shape index (κ1) is 20.1. The number of ether oxygens (including phenoxy) is 3. The van der Waals surface area contributed by atoms with E-state index in [0.717, 1.165) is 5.56 Å². The lowest BCUT2D eigenvalue weighted by Gasteiger charge is -2.13. The molecule has 152 valence electrons. The molecule has 29 heavy (non-hydrogen) atoms. The number of amides is 1. The van der Waals surface area contributed by atoms with Crippen LogP contribution in [0.1, 0.15) is 16.2 Å². The predicted octanol–water partition coefficient (Wildman–Crippen LogP) is 3.02. The number of hydrogen-bond acceptors (Lipinski definition) is 6. The van der Waals surface area contributed by atoms with Gasteiger partial charge in [0.15, 0.2) is 17.3 Å². The van der Waals surface area contributed by atoms with Crippen LogP contribution in [0.2, 0.25) is 0 Å². The summed E-state index contributed by atoms with van der Waals surface area (Å²) in [6, 6.07) is 11.4. The van der Waals surface area contributed by atoms with E-state index in [4.69, 9.17) is 9.47 Å². The number of para-hydroxylation sites is 1. The van der Waals surface area contributed by atoms with Gasteiger partial charge in [-0.1, -0.05) is 6.07 Å². The number of alkyl halides is 2. The Morgan fingerprint density at radius 1 is 1.14 bits per heavy atom. The fourth-order valence-corrected chi connectivity index (χ4v) is 2.57. The number of rotatable bonds is 8. The quantitative estimate of drug-likeness (QED) is 0.599. The van der Waals surface area contributed by atoms with E-state index < -0.39 is 12.5 Å². The molecule has 0 aliphatic carbocycles. The molecular formula is C19H18F2N4O4. The summed E-state index contributed by atoms with van der Waals surface area (Å²) < 4.78 is 40.0. The second-order valence-corrected chi connectivity index (χ2v) is 5.73. The first-order chi connectivity index (χ1) is 14.0. The van der Waals surface area contributed by atoms with Gasteiger partial charge in [-0.25, -0.2) is 4.98 Å². The molecule has 3 aromatic rings. The number of nitrogens with zero attached hydrogens (tertiary/aromatic N) is 2. The van der Waals surface area contributed by atoms with Gasteiger partial charge in [0.05, 0.1) is 26.3 Å². The summed E-state index contributed by atoms with van der Waals surface area (Å²) in [5.74, 6) is 0.612. The molecule has 1 heterocycles. The van der Waals surface area contributed by atoms with Crippen LogP contribution in [0.15, 0.2) is 42.5 Å². The summed E-state index contributed by atoms with van der Waals surface area (Å²) in [6.07, 6.45) is 0. The number of H-pyrrole nitrogens is 1. The molecule has 0 bridgehead atoms. The van der Waals surface area contributed by atoms with Crippen LogP contribution >= 0.6 is 0 Å². The monoisotopic (exact) mass is 404 g/mol. The Bertz CT molecular complexity index is 977. The third-order valence-corrected chi connectivity index (χ3v) is 3.95. The molecule has 10 heteroatoms. The van der Waals surface area contributed by atoms with Gasteiger partial charge in [-0.2, -0.15) is 13.9 Å². The van der Waals surface area contributed by atoms with Crippen molar-refractivity contribution in [2.45, 2.75) is 13.2 Å². The predicted molar refractivity (Wildman–Crippen MR) is 99.2 cm³/mol.